The smallest absolute Gasteiger partial charge is 0.328 e. The molecule has 1 aliphatic rings. The molecule has 0 unspecified atom stereocenters. The minimum Gasteiger partial charge on any atom is -0.493 e. The number of allylic oxidation sites excluding steroid dienone is 1. The molecule has 6 heteroatoms. The van der Waals surface area contributed by atoms with Crippen molar-refractivity contribution in [2.45, 2.75) is 13.5 Å². The van der Waals surface area contributed by atoms with Crippen LogP contribution in [-0.4, -0.2) is 25.9 Å². The Labute approximate surface area is 108 Å². The summed E-state index contributed by atoms with van der Waals surface area (Å²) in [7, 11) is 0. The summed E-state index contributed by atoms with van der Waals surface area (Å²) in [6.45, 7) is 2.21. The fraction of sp³-hybridized carbons (Fsp3) is 0.154. The van der Waals surface area contributed by atoms with Crippen molar-refractivity contribution in [3.05, 3.63) is 40.2 Å². The summed E-state index contributed by atoms with van der Waals surface area (Å²) in [6.07, 6.45) is 6.76. The van der Waals surface area contributed by atoms with Crippen LogP contribution in [0.15, 0.2) is 28.2 Å². The summed E-state index contributed by atoms with van der Waals surface area (Å²) in [5.41, 5.74) is 2.58. The lowest BCUT2D eigenvalue weighted by Crippen LogP contribution is -2.14. The van der Waals surface area contributed by atoms with E-state index in [2.05, 4.69) is 15.0 Å². The molecular formula is C13H12N4O2. The largest absolute Gasteiger partial charge is 0.493 e. The van der Waals surface area contributed by atoms with Gasteiger partial charge in [0.25, 0.3) is 0 Å². The fourth-order valence-corrected chi connectivity index (χ4v) is 2.08. The normalized spacial score (nSPS) is 15.1. The number of aromatic hydroxyl groups is 1. The quantitative estimate of drug-likeness (QED) is 0.855. The van der Waals surface area contributed by atoms with Gasteiger partial charge in [-0.3, -0.25) is 14.5 Å². The predicted molar refractivity (Wildman–Crippen MR) is 72.7 cm³/mol. The first-order valence-corrected chi connectivity index (χ1v) is 5.92. The summed E-state index contributed by atoms with van der Waals surface area (Å²) in [5, 5.41) is 9.94. The van der Waals surface area contributed by atoms with Crippen LogP contribution in [0.3, 0.4) is 0 Å². The first-order valence-electron chi connectivity index (χ1n) is 5.92. The van der Waals surface area contributed by atoms with Crippen LogP contribution in [0.25, 0.3) is 11.6 Å². The molecule has 19 heavy (non-hydrogen) atoms. The number of nitrogens with zero attached hydrogens (tertiary/aromatic N) is 3. The third-order valence-corrected chi connectivity index (χ3v) is 3.05. The van der Waals surface area contributed by atoms with E-state index >= 15 is 0 Å². The molecule has 6 nitrogen and oxygen atoms in total. The van der Waals surface area contributed by atoms with Gasteiger partial charge in [-0.25, -0.2) is 4.79 Å². The van der Waals surface area contributed by atoms with E-state index in [0.29, 0.717) is 12.2 Å². The number of aromatic amines is 1. The number of aromatic nitrogens is 3. The Bertz CT molecular complexity index is 752. The first kappa shape index (κ1) is 11.5. The number of imidazole rings is 1. The number of hydrogen-bond donors (Lipinski definition) is 2. The molecule has 1 aliphatic heterocycles. The van der Waals surface area contributed by atoms with Gasteiger partial charge in [0.2, 0.25) is 5.88 Å². The maximum atomic E-state index is 11.6. The van der Waals surface area contributed by atoms with Crippen molar-refractivity contribution in [2.24, 2.45) is 4.99 Å². The minimum atomic E-state index is -0.326. The second-order valence-corrected chi connectivity index (χ2v) is 4.16. The Morgan fingerprint density at radius 2 is 2.37 bits per heavy atom. The number of fused-ring (bicyclic) bond motifs is 1. The average Bonchev–Trinajstić information content (AvgIpc) is 2.93. The standard InChI is InChI=1S/C13H12N4O2/c1-2-17-12(18)11(16-13(17)19)5-8-6-15-10-3-4-14-7-9(8)10/h3-7,18H,2H2,1H3,(H,16,19)/b8-5+. The number of H-pyrrole nitrogens is 1. The van der Waals surface area contributed by atoms with E-state index in [1.54, 1.807) is 31.6 Å². The number of pyridine rings is 1. The molecule has 2 aromatic heterocycles. The number of rotatable bonds is 2. The summed E-state index contributed by atoms with van der Waals surface area (Å²) in [6, 6.07) is 1.81. The maximum Gasteiger partial charge on any atom is 0.328 e. The highest BCUT2D eigenvalue weighted by Gasteiger charge is 2.15. The van der Waals surface area contributed by atoms with Crippen molar-refractivity contribution in [3.8, 4) is 5.88 Å². The maximum absolute atomic E-state index is 11.6. The van der Waals surface area contributed by atoms with Crippen molar-refractivity contribution in [2.75, 3.05) is 0 Å². The lowest BCUT2D eigenvalue weighted by molar-refractivity contribution is 0.417. The number of hydrogen-bond acceptors (Lipinski definition) is 4. The monoisotopic (exact) mass is 256 g/mol. The van der Waals surface area contributed by atoms with Gasteiger partial charge in [0, 0.05) is 36.3 Å². The zero-order valence-corrected chi connectivity index (χ0v) is 10.3. The van der Waals surface area contributed by atoms with Crippen LogP contribution < -0.4 is 5.69 Å². The highest BCUT2D eigenvalue weighted by Crippen LogP contribution is 2.32. The average molecular weight is 256 g/mol. The van der Waals surface area contributed by atoms with Crippen LogP contribution in [0.2, 0.25) is 0 Å². The van der Waals surface area contributed by atoms with Gasteiger partial charge in [-0.1, -0.05) is 0 Å². The van der Waals surface area contributed by atoms with Crippen molar-refractivity contribution in [1.82, 2.24) is 14.5 Å². The van der Waals surface area contributed by atoms with Crippen LogP contribution in [-0.2, 0) is 6.54 Å². The van der Waals surface area contributed by atoms with E-state index in [1.807, 2.05) is 6.07 Å². The van der Waals surface area contributed by atoms with Gasteiger partial charge in [-0.2, -0.15) is 0 Å². The van der Waals surface area contributed by atoms with Gasteiger partial charge in [0.1, 0.15) is 5.69 Å². The number of nitrogens with one attached hydrogen (secondary N) is 1. The van der Waals surface area contributed by atoms with Gasteiger partial charge in [0.05, 0.1) is 5.69 Å². The van der Waals surface area contributed by atoms with Gasteiger partial charge >= 0.3 is 5.69 Å². The lowest BCUT2D eigenvalue weighted by Gasteiger charge is -1.99. The topological polar surface area (TPSA) is 83.3 Å². The molecule has 0 radical (unpaired) electrons. The predicted octanol–water partition coefficient (Wildman–Crippen LogP) is 1.55. The zero-order valence-electron chi connectivity index (χ0n) is 10.3. The van der Waals surface area contributed by atoms with Crippen molar-refractivity contribution in [1.29, 1.82) is 0 Å². The van der Waals surface area contributed by atoms with Gasteiger partial charge in [0.15, 0.2) is 0 Å². The van der Waals surface area contributed by atoms with E-state index in [0.717, 1.165) is 16.8 Å². The Balaban J connectivity index is 2.10. The molecule has 0 atom stereocenters. The first-order chi connectivity index (χ1) is 9.20. The molecule has 2 aromatic rings. The minimum absolute atomic E-state index is 0.0641. The molecule has 96 valence electrons. The van der Waals surface area contributed by atoms with Crippen LogP contribution in [0.1, 0.15) is 18.2 Å². The Hall–Kier alpha value is -2.63. The van der Waals surface area contributed by atoms with Crippen molar-refractivity contribution < 1.29 is 5.11 Å². The summed E-state index contributed by atoms with van der Waals surface area (Å²) in [5.74, 6) is -0.0641. The van der Waals surface area contributed by atoms with E-state index in [9.17, 15) is 9.90 Å². The highest BCUT2D eigenvalue weighted by molar-refractivity contribution is 6.21. The molecule has 0 aromatic carbocycles. The lowest BCUT2D eigenvalue weighted by atomic mass is 10.1. The van der Waals surface area contributed by atoms with Crippen LogP contribution in [0, 0.1) is 0 Å². The summed E-state index contributed by atoms with van der Waals surface area (Å²) < 4.78 is 1.27. The third kappa shape index (κ3) is 1.77. The van der Waals surface area contributed by atoms with E-state index in [-0.39, 0.29) is 11.6 Å². The number of aliphatic imine (C=N–C) groups is 1. The SMILES string of the molecule is CCn1c(O)c(/C=C2\C=Nc3ccncc32)[nH]c1=O. The fourth-order valence-electron chi connectivity index (χ4n) is 2.08. The summed E-state index contributed by atoms with van der Waals surface area (Å²) >= 11 is 0. The molecule has 3 heterocycles. The second-order valence-electron chi connectivity index (χ2n) is 4.16. The zero-order chi connectivity index (χ0) is 13.4. The molecule has 0 saturated heterocycles. The van der Waals surface area contributed by atoms with Gasteiger partial charge in [-0.15, -0.1) is 0 Å². The van der Waals surface area contributed by atoms with E-state index in [4.69, 9.17) is 0 Å². The Morgan fingerprint density at radius 3 is 3.11 bits per heavy atom. The van der Waals surface area contributed by atoms with Gasteiger partial charge in [-0.05, 0) is 19.1 Å². The van der Waals surface area contributed by atoms with Crippen LogP contribution in [0.5, 0.6) is 5.88 Å². The Kier molecular flexibility index (Phi) is 2.56. The van der Waals surface area contributed by atoms with E-state index < -0.39 is 0 Å². The van der Waals surface area contributed by atoms with E-state index in [1.165, 1.54) is 4.57 Å². The molecule has 0 bridgehead atoms. The van der Waals surface area contributed by atoms with Crippen LogP contribution >= 0.6 is 0 Å². The highest BCUT2D eigenvalue weighted by atomic mass is 16.3. The summed E-state index contributed by atoms with van der Waals surface area (Å²) in [4.78, 5) is 22.5. The molecule has 0 spiro atoms. The van der Waals surface area contributed by atoms with Crippen molar-refractivity contribution in [3.63, 3.8) is 0 Å². The molecule has 0 aliphatic carbocycles. The second kappa shape index (κ2) is 4.24. The molecule has 0 saturated carbocycles. The third-order valence-electron chi connectivity index (χ3n) is 3.05. The molecule has 3 rings (SSSR count). The molecule has 0 amide bonds. The Morgan fingerprint density at radius 1 is 1.53 bits per heavy atom. The molecular weight excluding hydrogens is 244 g/mol. The van der Waals surface area contributed by atoms with Gasteiger partial charge < -0.3 is 10.1 Å². The van der Waals surface area contributed by atoms with Crippen LogP contribution in [0.4, 0.5) is 5.69 Å². The molecule has 2 N–H and O–H groups in total. The van der Waals surface area contributed by atoms with Crippen molar-refractivity contribution >= 4 is 23.6 Å². The molecule has 0 fully saturated rings.